The van der Waals surface area contributed by atoms with Crippen molar-refractivity contribution >= 4 is 22.4 Å². The van der Waals surface area contributed by atoms with Crippen molar-refractivity contribution in [1.29, 1.82) is 0 Å². The van der Waals surface area contributed by atoms with Gasteiger partial charge < -0.3 is 14.8 Å². The normalized spacial score (nSPS) is 18.3. The van der Waals surface area contributed by atoms with Crippen LogP contribution in [-0.2, 0) is 9.47 Å². The van der Waals surface area contributed by atoms with Gasteiger partial charge in [0.2, 0.25) is 0 Å². The largest absolute Gasteiger partial charge is 0.464 e. The van der Waals surface area contributed by atoms with E-state index in [2.05, 4.69) is 22.0 Å². The summed E-state index contributed by atoms with van der Waals surface area (Å²) in [7, 11) is 1.36. The summed E-state index contributed by atoms with van der Waals surface area (Å²) in [6.07, 6.45) is 2.10. The molecule has 2 rings (SSSR count). The number of aromatic nitrogens is 1. The molecule has 1 fully saturated rings. The Bertz CT molecular complexity index is 413. The average molecular weight is 270 g/mol. The zero-order valence-corrected chi connectivity index (χ0v) is 11.5. The SMILES string of the molecule is COC(=O)c1csc(NCC2(C)CCOCC2)n1. The van der Waals surface area contributed by atoms with Crippen LogP contribution in [0.3, 0.4) is 0 Å². The van der Waals surface area contributed by atoms with E-state index in [-0.39, 0.29) is 5.41 Å². The van der Waals surface area contributed by atoms with E-state index >= 15 is 0 Å². The highest BCUT2D eigenvalue weighted by Crippen LogP contribution is 2.30. The summed E-state index contributed by atoms with van der Waals surface area (Å²) in [6.45, 7) is 4.74. The molecular formula is C12H18N2O3S. The molecule has 0 aliphatic carbocycles. The predicted molar refractivity (Wildman–Crippen MR) is 70.1 cm³/mol. The number of anilines is 1. The molecule has 0 spiro atoms. The maximum Gasteiger partial charge on any atom is 0.357 e. The van der Waals surface area contributed by atoms with E-state index in [1.54, 1.807) is 5.38 Å². The van der Waals surface area contributed by atoms with Crippen molar-refractivity contribution in [3.05, 3.63) is 11.1 Å². The van der Waals surface area contributed by atoms with E-state index in [1.807, 2.05) is 0 Å². The molecule has 1 aliphatic rings. The molecule has 0 amide bonds. The molecule has 1 aromatic heterocycles. The standard InChI is InChI=1S/C12H18N2O3S/c1-12(3-5-17-6-4-12)8-13-11-14-9(7-18-11)10(15)16-2/h7H,3-6,8H2,1-2H3,(H,13,14). The number of thiazole rings is 1. The van der Waals surface area contributed by atoms with E-state index in [9.17, 15) is 4.79 Å². The zero-order chi connectivity index (χ0) is 13.0. The molecule has 6 heteroatoms. The van der Waals surface area contributed by atoms with Gasteiger partial charge >= 0.3 is 5.97 Å². The van der Waals surface area contributed by atoms with Gasteiger partial charge in [-0.25, -0.2) is 9.78 Å². The zero-order valence-electron chi connectivity index (χ0n) is 10.7. The van der Waals surface area contributed by atoms with Gasteiger partial charge in [0, 0.05) is 25.1 Å². The first kappa shape index (κ1) is 13.3. The second-order valence-corrected chi connectivity index (χ2v) is 5.66. The second-order valence-electron chi connectivity index (χ2n) is 4.81. The highest BCUT2D eigenvalue weighted by Gasteiger charge is 2.27. The fourth-order valence-corrected chi connectivity index (χ4v) is 2.56. The van der Waals surface area contributed by atoms with Gasteiger partial charge in [-0.1, -0.05) is 6.92 Å². The molecule has 18 heavy (non-hydrogen) atoms. The lowest BCUT2D eigenvalue weighted by Gasteiger charge is -2.33. The fraction of sp³-hybridized carbons (Fsp3) is 0.667. The maximum absolute atomic E-state index is 11.3. The van der Waals surface area contributed by atoms with Crippen molar-refractivity contribution < 1.29 is 14.3 Å². The van der Waals surface area contributed by atoms with Crippen molar-refractivity contribution in [2.75, 3.05) is 32.2 Å². The Labute approximate surface area is 111 Å². The molecule has 1 aromatic rings. The molecule has 100 valence electrons. The highest BCUT2D eigenvalue weighted by molar-refractivity contribution is 7.13. The lowest BCUT2D eigenvalue weighted by molar-refractivity contribution is 0.0300. The number of nitrogens with one attached hydrogen (secondary N) is 1. The monoisotopic (exact) mass is 270 g/mol. The third-order valence-electron chi connectivity index (χ3n) is 3.27. The van der Waals surface area contributed by atoms with Crippen molar-refractivity contribution in [2.24, 2.45) is 5.41 Å². The molecule has 0 unspecified atom stereocenters. The third-order valence-corrected chi connectivity index (χ3v) is 4.07. The first-order valence-electron chi connectivity index (χ1n) is 5.98. The van der Waals surface area contributed by atoms with E-state index in [4.69, 9.17) is 4.74 Å². The van der Waals surface area contributed by atoms with Crippen molar-refractivity contribution in [3.63, 3.8) is 0 Å². The van der Waals surface area contributed by atoms with Crippen LogP contribution in [0.1, 0.15) is 30.3 Å². The summed E-state index contributed by atoms with van der Waals surface area (Å²) in [5.41, 5.74) is 0.608. The number of ether oxygens (including phenoxy) is 2. The van der Waals surface area contributed by atoms with Crippen molar-refractivity contribution in [3.8, 4) is 0 Å². The number of rotatable bonds is 4. The Balaban J connectivity index is 1.89. The number of nitrogens with zero attached hydrogens (tertiary/aromatic N) is 1. The van der Waals surface area contributed by atoms with Gasteiger partial charge in [0.15, 0.2) is 10.8 Å². The van der Waals surface area contributed by atoms with Crippen LogP contribution in [0.25, 0.3) is 0 Å². The topological polar surface area (TPSA) is 60.5 Å². The molecule has 0 saturated carbocycles. The van der Waals surface area contributed by atoms with Gasteiger partial charge in [-0.2, -0.15) is 0 Å². The number of carbonyl (C=O) groups excluding carboxylic acids is 1. The Hall–Kier alpha value is -1.14. The van der Waals surface area contributed by atoms with Gasteiger partial charge in [-0.05, 0) is 18.3 Å². The van der Waals surface area contributed by atoms with Gasteiger partial charge in [0.05, 0.1) is 7.11 Å². The van der Waals surface area contributed by atoms with Crippen LogP contribution in [0.2, 0.25) is 0 Å². The Morgan fingerprint density at radius 2 is 2.33 bits per heavy atom. The molecule has 1 N–H and O–H groups in total. The maximum atomic E-state index is 11.3. The summed E-state index contributed by atoms with van der Waals surface area (Å²) in [4.78, 5) is 15.5. The number of carbonyl (C=O) groups is 1. The summed E-state index contributed by atoms with van der Waals surface area (Å²) >= 11 is 1.43. The van der Waals surface area contributed by atoms with Crippen LogP contribution in [-0.4, -0.2) is 37.8 Å². The van der Waals surface area contributed by atoms with Crippen LogP contribution in [0.5, 0.6) is 0 Å². The van der Waals surface area contributed by atoms with Gasteiger partial charge in [0.1, 0.15) is 0 Å². The van der Waals surface area contributed by atoms with Gasteiger partial charge in [-0.15, -0.1) is 11.3 Å². The summed E-state index contributed by atoms with van der Waals surface area (Å²) in [5, 5.41) is 5.77. The van der Waals surface area contributed by atoms with E-state index in [0.29, 0.717) is 5.69 Å². The molecule has 2 heterocycles. The second kappa shape index (κ2) is 5.67. The quantitative estimate of drug-likeness (QED) is 0.850. The van der Waals surface area contributed by atoms with Crippen molar-refractivity contribution in [2.45, 2.75) is 19.8 Å². The van der Waals surface area contributed by atoms with E-state index in [1.165, 1.54) is 18.4 Å². The smallest absolute Gasteiger partial charge is 0.357 e. The fourth-order valence-electron chi connectivity index (χ4n) is 1.88. The average Bonchev–Trinajstić information content (AvgIpc) is 2.85. The molecule has 1 aliphatic heterocycles. The Kier molecular flexibility index (Phi) is 4.19. The summed E-state index contributed by atoms with van der Waals surface area (Å²) in [5.74, 6) is -0.392. The number of methoxy groups -OCH3 is 1. The van der Waals surface area contributed by atoms with Crippen molar-refractivity contribution in [1.82, 2.24) is 4.98 Å². The van der Waals surface area contributed by atoms with Gasteiger partial charge in [-0.3, -0.25) is 0 Å². The molecule has 5 nitrogen and oxygen atoms in total. The van der Waals surface area contributed by atoms with Crippen LogP contribution < -0.4 is 5.32 Å². The Morgan fingerprint density at radius 3 is 3.00 bits per heavy atom. The Morgan fingerprint density at radius 1 is 1.61 bits per heavy atom. The first-order valence-corrected chi connectivity index (χ1v) is 6.86. The van der Waals surface area contributed by atoms with Crippen LogP contribution in [0.15, 0.2) is 5.38 Å². The number of hydrogen-bond acceptors (Lipinski definition) is 6. The molecular weight excluding hydrogens is 252 g/mol. The van der Waals surface area contributed by atoms with Gasteiger partial charge in [0.25, 0.3) is 0 Å². The lowest BCUT2D eigenvalue weighted by atomic mass is 9.82. The predicted octanol–water partition coefficient (Wildman–Crippen LogP) is 2.16. The molecule has 0 atom stereocenters. The minimum atomic E-state index is -0.392. The molecule has 0 bridgehead atoms. The van der Waals surface area contributed by atoms with Crippen LogP contribution in [0, 0.1) is 5.41 Å². The third kappa shape index (κ3) is 3.20. The minimum Gasteiger partial charge on any atom is -0.464 e. The van der Waals surface area contributed by atoms with E-state index in [0.717, 1.165) is 37.7 Å². The number of hydrogen-bond donors (Lipinski definition) is 1. The first-order chi connectivity index (χ1) is 8.63. The summed E-state index contributed by atoms with van der Waals surface area (Å²) < 4.78 is 9.99. The number of esters is 1. The molecule has 0 radical (unpaired) electrons. The van der Waals surface area contributed by atoms with Crippen LogP contribution >= 0.6 is 11.3 Å². The van der Waals surface area contributed by atoms with E-state index < -0.39 is 5.97 Å². The molecule has 0 aromatic carbocycles. The highest BCUT2D eigenvalue weighted by atomic mass is 32.1. The van der Waals surface area contributed by atoms with Crippen LogP contribution in [0.4, 0.5) is 5.13 Å². The lowest BCUT2D eigenvalue weighted by Crippen LogP contribution is -2.33. The minimum absolute atomic E-state index is 0.245. The molecule has 1 saturated heterocycles. The summed E-state index contributed by atoms with van der Waals surface area (Å²) in [6, 6.07) is 0.